The molecule has 1 aromatic carbocycles. The lowest BCUT2D eigenvalue weighted by molar-refractivity contribution is -0.0403. The number of fused-ring (bicyclic) bond motifs is 2. The highest BCUT2D eigenvalue weighted by Gasteiger charge is 2.35. The molecular weight excluding hydrogens is 291 g/mol. The molecule has 2 aliphatic heterocycles. The van der Waals surface area contributed by atoms with E-state index < -0.39 is 5.95 Å². The number of ether oxygens (including phenoxy) is 1. The standard InChI is InChI=1S/C19H19FN2O/c20-19-8-4-7-18(21-19)15-9-16-12-23-13-17(10-15)22(16)11-14-5-2-1-3-6-14/h1-9,16-17H,10-13H2. The van der Waals surface area contributed by atoms with E-state index in [1.165, 1.54) is 11.6 Å². The molecule has 2 aromatic rings. The summed E-state index contributed by atoms with van der Waals surface area (Å²) < 4.78 is 19.1. The molecule has 3 heterocycles. The van der Waals surface area contributed by atoms with Gasteiger partial charge in [0, 0.05) is 12.6 Å². The van der Waals surface area contributed by atoms with Gasteiger partial charge in [-0.25, -0.2) is 4.98 Å². The van der Waals surface area contributed by atoms with Gasteiger partial charge in [-0.2, -0.15) is 4.39 Å². The van der Waals surface area contributed by atoms with Gasteiger partial charge in [0.15, 0.2) is 0 Å². The van der Waals surface area contributed by atoms with Crippen molar-refractivity contribution in [2.45, 2.75) is 25.0 Å². The Hall–Kier alpha value is -2.04. The first-order chi connectivity index (χ1) is 11.3. The third-order valence-corrected chi connectivity index (χ3v) is 4.60. The van der Waals surface area contributed by atoms with Gasteiger partial charge in [0.05, 0.1) is 24.9 Å². The second kappa shape index (κ2) is 6.22. The molecule has 0 saturated carbocycles. The summed E-state index contributed by atoms with van der Waals surface area (Å²) in [5.74, 6) is -0.420. The van der Waals surface area contributed by atoms with E-state index in [0.29, 0.717) is 12.6 Å². The predicted octanol–water partition coefficient (Wildman–Crippen LogP) is 3.28. The third-order valence-electron chi connectivity index (χ3n) is 4.60. The molecule has 1 aromatic heterocycles. The summed E-state index contributed by atoms with van der Waals surface area (Å²) in [6.45, 7) is 2.32. The average Bonchev–Trinajstić information content (AvgIpc) is 2.55. The van der Waals surface area contributed by atoms with Crippen molar-refractivity contribution in [3.8, 4) is 0 Å². The van der Waals surface area contributed by atoms with Crippen LogP contribution in [0.2, 0.25) is 0 Å². The molecule has 0 amide bonds. The highest BCUT2D eigenvalue weighted by Crippen LogP contribution is 2.32. The minimum Gasteiger partial charge on any atom is -0.378 e. The van der Waals surface area contributed by atoms with Crippen LogP contribution in [0, 0.1) is 5.95 Å². The monoisotopic (exact) mass is 310 g/mol. The summed E-state index contributed by atoms with van der Waals surface area (Å²) in [4.78, 5) is 6.53. The zero-order valence-electron chi connectivity index (χ0n) is 12.9. The van der Waals surface area contributed by atoms with Crippen LogP contribution in [0.25, 0.3) is 5.57 Å². The Labute approximate surface area is 135 Å². The van der Waals surface area contributed by atoms with Crippen LogP contribution in [-0.4, -0.2) is 35.2 Å². The fourth-order valence-electron chi connectivity index (χ4n) is 3.48. The van der Waals surface area contributed by atoms with E-state index in [1.807, 2.05) is 12.1 Å². The van der Waals surface area contributed by atoms with Crippen molar-refractivity contribution < 1.29 is 9.13 Å². The number of nitrogens with zero attached hydrogens (tertiary/aromatic N) is 2. The second-order valence-electron chi connectivity index (χ2n) is 6.16. The summed E-state index contributed by atoms with van der Waals surface area (Å²) in [6, 6.07) is 16.0. The SMILES string of the molecule is Fc1cccc(C2=CC3COCC(C2)N3Cc2ccccc2)n1. The van der Waals surface area contributed by atoms with E-state index in [9.17, 15) is 4.39 Å². The third kappa shape index (κ3) is 3.05. The first-order valence-electron chi connectivity index (χ1n) is 8.00. The molecule has 1 fully saturated rings. The average molecular weight is 310 g/mol. The zero-order chi connectivity index (χ0) is 15.6. The lowest BCUT2D eigenvalue weighted by atomic mass is 9.91. The predicted molar refractivity (Wildman–Crippen MR) is 87.2 cm³/mol. The first-order valence-corrected chi connectivity index (χ1v) is 8.00. The summed E-state index contributed by atoms with van der Waals surface area (Å²) in [7, 11) is 0. The first kappa shape index (κ1) is 14.5. The number of rotatable bonds is 3. The summed E-state index contributed by atoms with van der Waals surface area (Å²) in [5, 5.41) is 0. The molecule has 0 spiro atoms. The van der Waals surface area contributed by atoms with Gasteiger partial charge < -0.3 is 4.74 Å². The van der Waals surface area contributed by atoms with E-state index in [0.717, 1.165) is 30.8 Å². The molecule has 118 valence electrons. The van der Waals surface area contributed by atoms with Gasteiger partial charge in [-0.05, 0) is 29.7 Å². The smallest absolute Gasteiger partial charge is 0.213 e. The van der Waals surface area contributed by atoms with Gasteiger partial charge in [0.2, 0.25) is 5.95 Å². The van der Waals surface area contributed by atoms with Gasteiger partial charge >= 0.3 is 0 Å². The van der Waals surface area contributed by atoms with Crippen LogP contribution < -0.4 is 0 Å². The van der Waals surface area contributed by atoms with E-state index in [-0.39, 0.29) is 6.04 Å². The van der Waals surface area contributed by atoms with E-state index >= 15 is 0 Å². The number of hydrogen-bond acceptors (Lipinski definition) is 3. The lowest BCUT2D eigenvalue weighted by Gasteiger charge is -2.44. The second-order valence-corrected chi connectivity index (χ2v) is 6.16. The highest BCUT2D eigenvalue weighted by molar-refractivity contribution is 5.65. The van der Waals surface area contributed by atoms with Crippen LogP contribution in [0.15, 0.2) is 54.6 Å². The maximum absolute atomic E-state index is 13.4. The summed E-state index contributed by atoms with van der Waals surface area (Å²) in [6.07, 6.45) is 3.04. The van der Waals surface area contributed by atoms with Crippen LogP contribution in [-0.2, 0) is 11.3 Å². The van der Waals surface area contributed by atoms with Crippen molar-refractivity contribution in [2.75, 3.05) is 13.2 Å². The zero-order valence-corrected chi connectivity index (χ0v) is 12.9. The van der Waals surface area contributed by atoms with Gasteiger partial charge in [-0.3, -0.25) is 4.90 Å². The number of morpholine rings is 1. The molecule has 0 N–H and O–H groups in total. The maximum atomic E-state index is 13.4. The Morgan fingerprint density at radius 1 is 1.09 bits per heavy atom. The summed E-state index contributed by atoms with van der Waals surface area (Å²) in [5.41, 5.74) is 3.19. The van der Waals surface area contributed by atoms with Crippen LogP contribution >= 0.6 is 0 Å². The van der Waals surface area contributed by atoms with Crippen molar-refractivity contribution in [1.82, 2.24) is 9.88 Å². The maximum Gasteiger partial charge on any atom is 0.213 e. The van der Waals surface area contributed by atoms with Crippen LogP contribution in [0.1, 0.15) is 17.7 Å². The van der Waals surface area contributed by atoms with Gasteiger partial charge in [0.25, 0.3) is 0 Å². The molecule has 2 atom stereocenters. The fraction of sp³-hybridized carbons (Fsp3) is 0.316. The number of halogens is 1. The van der Waals surface area contributed by atoms with E-state index in [4.69, 9.17) is 4.74 Å². The Balaban J connectivity index is 1.60. The van der Waals surface area contributed by atoms with Gasteiger partial charge in [0.1, 0.15) is 0 Å². The van der Waals surface area contributed by atoms with Gasteiger partial charge in [-0.1, -0.05) is 42.5 Å². The minimum absolute atomic E-state index is 0.225. The number of aromatic nitrogens is 1. The molecule has 1 saturated heterocycles. The molecular formula is C19H19FN2O. The Morgan fingerprint density at radius 2 is 1.96 bits per heavy atom. The van der Waals surface area contributed by atoms with E-state index in [2.05, 4.69) is 40.2 Å². The molecule has 2 unspecified atom stereocenters. The van der Waals surface area contributed by atoms with Crippen LogP contribution in [0.4, 0.5) is 4.39 Å². The largest absolute Gasteiger partial charge is 0.378 e. The Bertz CT molecular complexity index is 716. The van der Waals surface area contributed by atoms with Crippen molar-refractivity contribution in [3.05, 3.63) is 71.8 Å². The molecule has 0 aliphatic carbocycles. The minimum atomic E-state index is -0.420. The molecule has 4 heteroatoms. The summed E-state index contributed by atoms with van der Waals surface area (Å²) >= 11 is 0. The molecule has 4 rings (SSSR count). The Kier molecular flexibility index (Phi) is 3.93. The van der Waals surface area contributed by atoms with Gasteiger partial charge in [-0.15, -0.1) is 0 Å². The molecule has 23 heavy (non-hydrogen) atoms. The van der Waals surface area contributed by atoms with Crippen LogP contribution in [0.5, 0.6) is 0 Å². The molecule has 2 bridgehead atoms. The molecule has 0 radical (unpaired) electrons. The van der Waals surface area contributed by atoms with Crippen molar-refractivity contribution >= 4 is 5.57 Å². The lowest BCUT2D eigenvalue weighted by Crippen LogP contribution is -2.53. The van der Waals surface area contributed by atoms with Crippen LogP contribution in [0.3, 0.4) is 0 Å². The van der Waals surface area contributed by atoms with Crippen molar-refractivity contribution in [3.63, 3.8) is 0 Å². The molecule has 2 aliphatic rings. The van der Waals surface area contributed by atoms with E-state index in [1.54, 1.807) is 6.07 Å². The number of hydrogen-bond donors (Lipinski definition) is 0. The Morgan fingerprint density at radius 3 is 2.74 bits per heavy atom. The topological polar surface area (TPSA) is 25.4 Å². The normalized spacial score (nSPS) is 24.3. The van der Waals surface area contributed by atoms with Crippen molar-refractivity contribution in [2.24, 2.45) is 0 Å². The fourth-order valence-corrected chi connectivity index (χ4v) is 3.48. The van der Waals surface area contributed by atoms with Crippen molar-refractivity contribution in [1.29, 1.82) is 0 Å². The number of benzene rings is 1. The highest BCUT2D eigenvalue weighted by atomic mass is 19.1. The number of pyridine rings is 1. The quantitative estimate of drug-likeness (QED) is 0.814. The molecule has 3 nitrogen and oxygen atoms in total.